The molecule has 0 aliphatic heterocycles. The highest BCUT2D eigenvalue weighted by Gasteiger charge is 2.16. The minimum atomic E-state index is -0.675. The Labute approximate surface area is 179 Å². The number of rotatable bonds is 3. The number of aromatic nitrogens is 3. The van der Waals surface area contributed by atoms with E-state index in [-0.39, 0.29) is 21.8 Å². The van der Waals surface area contributed by atoms with Crippen LogP contribution in [0.15, 0.2) is 59.5 Å². The Morgan fingerprint density at radius 3 is 2.73 bits per heavy atom. The first kappa shape index (κ1) is 20.0. The second kappa shape index (κ2) is 7.85. The van der Waals surface area contributed by atoms with E-state index < -0.39 is 11.7 Å². The Kier molecular flexibility index (Phi) is 5.24. The van der Waals surface area contributed by atoms with Gasteiger partial charge in [0.2, 0.25) is 0 Å². The summed E-state index contributed by atoms with van der Waals surface area (Å²) in [4.78, 5) is 34.0. The minimum absolute atomic E-state index is 0.0979. The number of hydrogen-bond acceptors (Lipinski definition) is 4. The third kappa shape index (κ3) is 3.65. The Hall–Kier alpha value is -3.29. The standard InChI is InChI=1S/C21H13Cl2FN4O2/c1-11-26-19-14(3-2-8-25-19)21(30)28(11)13-5-7-17(24)18(10-13)27-20(29)15-9-12(22)4-6-16(15)23/h2-10H,1H3,(H,27,29). The molecular formula is C21H13Cl2FN4O2. The van der Waals surface area contributed by atoms with Crippen molar-refractivity contribution in [3.05, 3.63) is 92.3 Å². The number of halogens is 3. The molecule has 0 unspecified atom stereocenters. The van der Waals surface area contributed by atoms with E-state index in [0.717, 1.165) is 6.07 Å². The zero-order chi connectivity index (χ0) is 21.4. The van der Waals surface area contributed by atoms with Gasteiger partial charge >= 0.3 is 0 Å². The van der Waals surface area contributed by atoms with Gasteiger partial charge in [-0.2, -0.15) is 0 Å². The zero-order valence-electron chi connectivity index (χ0n) is 15.5. The van der Waals surface area contributed by atoms with Gasteiger partial charge in [-0.05, 0) is 55.5 Å². The van der Waals surface area contributed by atoms with Crippen molar-refractivity contribution in [3.63, 3.8) is 0 Å². The van der Waals surface area contributed by atoms with Gasteiger partial charge in [-0.3, -0.25) is 14.2 Å². The van der Waals surface area contributed by atoms with Gasteiger partial charge in [0, 0.05) is 11.2 Å². The molecule has 0 aliphatic carbocycles. The van der Waals surface area contributed by atoms with E-state index in [1.165, 1.54) is 28.8 Å². The molecule has 4 aromatic rings. The number of nitrogens with zero attached hydrogens (tertiary/aromatic N) is 3. The molecule has 0 aliphatic rings. The second-order valence-corrected chi connectivity index (χ2v) is 7.26. The van der Waals surface area contributed by atoms with Gasteiger partial charge in [-0.1, -0.05) is 23.2 Å². The largest absolute Gasteiger partial charge is 0.319 e. The molecule has 2 heterocycles. The average molecular weight is 443 g/mol. The van der Waals surface area contributed by atoms with E-state index in [9.17, 15) is 14.0 Å². The van der Waals surface area contributed by atoms with Crippen LogP contribution in [0.1, 0.15) is 16.2 Å². The molecule has 0 radical (unpaired) electrons. The number of amides is 1. The summed E-state index contributed by atoms with van der Waals surface area (Å²) in [6.45, 7) is 1.64. The maximum absolute atomic E-state index is 14.4. The molecule has 0 fully saturated rings. The van der Waals surface area contributed by atoms with Crippen LogP contribution < -0.4 is 10.9 Å². The van der Waals surface area contributed by atoms with Crippen LogP contribution in [0.3, 0.4) is 0 Å². The third-order valence-electron chi connectivity index (χ3n) is 4.44. The van der Waals surface area contributed by atoms with E-state index in [4.69, 9.17) is 23.2 Å². The quantitative estimate of drug-likeness (QED) is 0.494. The van der Waals surface area contributed by atoms with Crippen LogP contribution in [0.2, 0.25) is 10.0 Å². The van der Waals surface area contributed by atoms with Gasteiger partial charge in [0.15, 0.2) is 5.65 Å². The fraction of sp³-hybridized carbons (Fsp3) is 0.0476. The van der Waals surface area contributed by atoms with Gasteiger partial charge in [-0.15, -0.1) is 0 Å². The number of hydrogen-bond donors (Lipinski definition) is 1. The summed E-state index contributed by atoms with van der Waals surface area (Å²) in [6.07, 6.45) is 1.55. The molecule has 0 saturated carbocycles. The van der Waals surface area contributed by atoms with Crippen LogP contribution in [0, 0.1) is 12.7 Å². The smallest absolute Gasteiger partial charge is 0.267 e. The van der Waals surface area contributed by atoms with Crippen molar-refractivity contribution >= 4 is 45.8 Å². The summed E-state index contributed by atoms with van der Waals surface area (Å²) in [6, 6.07) is 11.6. The lowest BCUT2D eigenvalue weighted by molar-refractivity contribution is 0.102. The predicted molar refractivity (Wildman–Crippen MR) is 114 cm³/mol. The first-order valence-corrected chi connectivity index (χ1v) is 9.51. The lowest BCUT2D eigenvalue weighted by Crippen LogP contribution is -2.23. The number of benzene rings is 2. The maximum atomic E-state index is 14.4. The monoisotopic (exact) mass is 442 g/mol. The van der Waals surface area contributed by atoms with Crippen LogP contribution in [0.4, 0.5) is 10.1 Å². The van der Waals surface area contributed by atoms with E-state index >= 15 is 0 Å². The topological polar surface area (TPSA) is 76.9 Å². The van der Waals surface area contributed by atoms with Crippen molar-refractivity contribution in [2.45, 2.75) is 6.92 Å². The van der Waals surface area contributed by atoms with Crippen molar-refractivity contribution in [1.29, 1.82) is 0 Å². The van der Waals surface area contributed by atoms with E-state index in [1.54, 1.807) is 31.3 Å². The molecule has 1 amide bonds. The first-order chi connectivity index (χ1) is 14.3. The van der Waals surface area contributed by atoms with Crippen LogP contribution >= 0.6 is 23.2 Å². The summed E-state index contributed by atoms with van der Waals surface area (Å²) in [5, 5.41) is 3.29. The molecule has 0 atom stereocenters. The summed E-state index contributed by atoms with van der Waals surface area (Å²) in [5.74, 6) is -0.942. The molecule has 150 valence electrons. The van der Waals surface area contributed by atoms with E-state index in [0.29, 0.717) is 27.6 Å². The van der Waals surface area contributed by atoms with Gasteiger partial charge in [-0.25, -0.2) is 14.4 Å². The highest BCUT2D eigenvalue weighted by molar-refractivity contribution is 6.36. The fourth-order valence-corrected chi connectivity index (χ4v) is 3.41. The minimum Gasteiger partial charge on any atom is -0.319 e. The Balaban J connectivity index is 1.78. The molecule has 2 aromatic carbocycles. The lowest BCUT2D eigenvalue weighted by Gasteiger charge is -2.13. The van der Waals surface area contributed by atoms with Gasteiger partial charge in [0.25, 0.3) is 11.5 Å². The molecule has 6 nitrogen and oxygen atoms in total. The molecule has 0 bridgehead atoms. The number of aryl methyl sites for hydroxylation is 1. The number of anilines is 1. The molecular weight excluding hydrogens is 430 g/mol. The lowest BCUT2D eigenvalue weighted by atomic mass is 10.2. The maximum Gasteiger partial charge on any atom is 0.267 e. The summed E-state index contributed by atoms with van der Waals surface area (Å²) in [7, 11) is 0. The van der Waals surface area contributed by atoms with Gasteiger partial charge in [0.05, 0.1) is 27.3 Å². The molecule has 4 rings (SSSR count). The average Bonchev–Trinajstić information content (AvgIpc) is 2.72. The van der Waals surface area contributed by atoms with Gasteiger partial charge in [0.1, 0.15) is 11.6 Å². The highest BCUT2D eigenvalue weighted by Crippen LogP contribution is 2.24. The van der Waals surface area contributed by atoms with Crippen molar-refractivity contribution in [1.82, 2.24) is 14.5 Å². The summed E-state index contributed by atoms with van der Waals surface area (Å²) in [5.41, 5.74) is 0.284. The molecule has 0 spiro atoms. The molecule has 0 saturated heterocycles. The van der Waals surface area contributed by atoms with Gasteiger partial charge < -0.3 is 5.32 Å². The number of carbonyl (C=O) groups is 1. The number of fused-ring (bicyclic) bond motifs is 1. The second-order valence-electron chi connectivity index (χ2n) is 6.42. The SMILES string of the molecule is Cc1nc2ncccc2c(=O)n1-c1ccc(F)c(NC(=O)c2cc(Cl)ccc2Cl)c1. The molecule has 2 aromatic heterocycles. The zero-order valence-corrected chi connectivity index (χ0v) is 17.0. The molecule has 1 N–H and O–H groups in total. The normalized spacial score (nSPS) is 10.9. The summed E-state index contributed by atoms with van der Waals surface area (Å²) >= 11 is 12.0. The van der Waals surface area contributed by atoms with E-state index in [2.05, 4.69) is 15.3 Å². The van der Waals surface area contributed by atoms with Crippen LogP contribution in [0.5, 0.6) is 0 Å². The van der Waals surface area contributed by atoms with Crippen molar-refractivity contribution in [2.75, 3.05) is 5.32 Å². The predicted octanol–water partition coefficient (Wildman–Crippen LogP) is 4.79. The van der Waals surface area contributed by atoms with E-state index in [1.807, 2.05) is 0 Å². The first-order valence-electron chi connectivity index (χ1n) is 8.76. The Morgan fingerprint density at radius 1 is 1.13 bits per heavy atom. The Bertz CT molecular complexity index is 1370. The third-order valence-corrected chi connectivity index (χ3v) is 5.01. The molecule has 9 heteroatoms. The molecule has 30 heavy (non-hydrogen) atoms. The van der Waals surface area contributed by atoms with Crippen molar-refractivity contribution < 1.29 is 9.18 Å². The number of nitrogens with one attached hydrogen (secondary N) is 1. The summed E-state index contributed by atoms with van der Waals surface area (Å²) < 4.78 is 15.7. The number of carbonyl (C=O) groups excluding carboxylic acids is 1. The fourth-order valence-electron chi connectivity index (χ4n) is 3.04. The van der Waals surface area contributed by atoms with Crippen molar-refractivity contribution in [3.8, 4) is 5.69 Å². The number of pyridine rings is 1. The Morgan fingerprint density at radius 2 is 1.93 bits per heavy atom. The van der Waals surface area contributed by atoms with Crippen molar-refractivity contribution in [2.24, 2.45) is 0 Å². The van der Waals surface area contributed by atoms with Crippen LogP contribution in [0.25, 0.3) is 16.7 Å². The van der Waals surface area contributed by atoms with Crippen LogP contribution in [-0.4, -0.2) is 20.4 Å². The van der Waals surface area contributed by atoms with Crippen LogP contribution in [-0.2, 0) is 0 Å². The highest BCUT2D eigenvalue weighted by atomic mass is 35.5.